The molecule has 0 spiro atoms. The van der Waals surface area contributed by atoms with Gasteiger partial charge < -0.3 is 9.69 Å². The fourth-order valence-electron chi connectivity index (χ4n) is 3.22. The molecule has 2 nitrogen and oxygen atoms in total. The number of rotatable bonds is 5. The molecule has 1 aliphatic heterocycles. The third kappa shape index (κ3) is 3.50. The highest BCUT2D eigenvalue weighted by Gasteiger charge is 2.23. The zero-order valence-corrected chi connectivity index (χ0v) is 13.3. The van der Waals surface area contributed by atoms with Crippen LogP contribution in [0.1, 0.15) is 30.4 Å². The molecule has 0 saturated carbocycles. The zero-order chi connectivity index (χ0) is 15.4. The number of benzene rings is 2. The summed E-state index contributed by atoms with van der Waals surface area (Å²) in [7, 11) is 0. The number of anilines is 1. The summed E-state index contributed by atoms with van der Waals surface area (Å²) in [6.07, 6.45) is 4.84. The third-order valence-electron chi connectivity index (χ3n) is 4.31. The summed E-state index contributed by atoms with van der Waals surface area (Å²) < 4.78 is 0. The molecule has 3 rings (SSSR count). The largest absolute Gasteiger partial charge is 0.368 e. The second kappa shape index (κ2) is 6.97. The lowest BCUT2D eigenvalue weighted by atomic mass is 10.0. The lowest BCUT2D eigenvalue weighted by Crippen LogP contribution is -2.29. The van der Waals surface area contributed by atoms with Crippen molar-refractivity contribution in [2.45, 2.75) is 31.7 Å². The summed E-state index contributed by atoms with van der Waals surface area (Å²) in [5, 5.41) is 0.780. The molecule has 1 aliphatic rings. The van der Waals surface area contributed by atoms with Gasteiger partial charge in [0.1, 0.15) is 6.29 Å². The van der Waals surface area contributed by atoms with Crippen molar-refractivity contribution in [1.82, 2.24) is 0 Å². The smallest absolute Gasteiger partial charge is 0.122 e. The van der Waals surface area contributed by atoms with Gasteiger partial charge in [-0.1, -0.05) is 35.9 Å². The van der Waals surface area contributed by atoms with E-state index in [0.29, 0.717) is 12.5 Å². The number of hydrogen-bond donors (Lipinski definition) is 0. The average molecular weight is 314 g/mol. The minimum Gasteiger partial charge on any atom is -0.368 e. The summed E-state index contributed by atoms with van der Waals surface area (Å²) in [6.45, 7) is 1.05. The Morgan fingerprint density at radius 3 is 2.68 bits per heavy atom. The molecule has 0 N–H and O–H groups in total. The zero-order valence-electron chi connectivity index (χ0n) is 12.5. The predicted octanol–water partition coefficient (Wildman–Crippen LogP) is 4.49. The Kier molecular flexibility index (Phi) is 4.79. The van der Waals surface area contributed by atoms with Gasteiger partial charge in [0.25, 0.3) is 0 Å². The van der Waals surface area contributed by atoms with Gasteiger partial charge in [-0.3, -0.25) is 0 Å². The molecule has 0 bridgehead atoms. The van der Waals surface area contributed by atoms with Crippen LogP contribution < -0.4 is 4.90 Å². The Morgan fingerprint density at radius 1 is 1.14 bits per heavy atom. The molecule has 114 valence electrons. The van der Waals surface area contributed by atoms with Crippen molar-refractivity contribution >= 4 is 23.6 Å². The van der Waals surface area contributed by atoms with Crippen LogP contribution in [-0.2, 0) is 11.2 Å². The van der Waals surface area contributed by atoms with E-state index < -0.39 is 0 Å². The maximum absolute atomic E-state index is 10.8. The van der Waals surface area contributed by atoms with E-state index in [-0.39, 0.29) is 0 Å². The number of halogens is 1. The van der Waals surface area contributed by atoms with Crippen molar-refractivity contribution < 1.29 is 4.79 Å². The van der Waals surface area contributed by atoms with E-state index in [4.69, 9.17) is 11.6 Å². The van der Waals surface area contributed by atoms with Gasteiger partial charge in [0.15, 0.2) is 0 Å². The van der Waals surface area contributed by atoms with Gasteiger partial charge in [-0.15, -0.1) is 0 Å². The van der Waals surface area contributed by atoms with E-state index in [9.17, 15) is 4.79 Å². The van der Waals surface area contributed by atoms with Crippen LogP contribution in [0.15, 0.2) is 48.5 Å². The van der Waals surface area contributed by atoms with Crippen molar-refractivity contribution in [2.24, 2.45) is 0 Å². The molecule has 0 radical (unpaired) electrons. The molecule has 22 heavy (non-hydrogen) atoms. The van der Waals surface area contributed by atoms with Gasteiger partial charge in [-0.05, 0) is 54.7 Å². The van der Waals surface area contributed by atoms with Crippen LogP contribution >= 0.6 is 11.6 Å². The molecule has 2 aromatic rings. The van der Waals surface area contributed by atoms with Crippen LogP contribution in [0.4, 0.5) is 5.69 Å². The van der Waals surface area contributed by atoms with E-state index >= 15 is 0 Å². The molecular weight excluding hydrogens is 294 g/mol. The summed E-state index contributed by atoms with van der Waals surface area (Å²) >= 11 is 6.03. The summed E-state index contributed by atoms with van der Waals surface area (Å²) in [6, 6.07) is 17.0. The topological polar surface area (TPSA) is 20.3 Å². The van der Waals surface area contributed by atoms with Gasteiger partial charge in [0.05, 0.1) is 0 Å². The molecule has 3 heteroatoms. The van der Waals surface area contributed by atoms with Crippen molar-refractivity contribution in [2.75, 3.05) is 11.4 Å². The summed E-state index contributed by atoms with van der Waals surface area (Å²) in [5.74, 6) is 0. The van der Waals surface area contributed by atoms with Crippen molar-refractivity contribution in [3.05, 3.63) is 64.7 Å². The molecule has 0 aromatic heterocycles. The first kappa shape index (κ1) is 15.1. The Bertz CT molecular complexity index is 638. The fraction of sp³-hybridized carbons (Fsp3) is 0.316. The minimum absolute atomic E-state index is 0.372. The second-order valence-electron chi connectivity index (χ2n) is 5.86. The lowest BCUT2D eigenvalue weighted by Gasteiger charge is -2.25. The van der Waals surface area contributed by atoms with Crippen molar-refractivity contribution in [3.63, 3.8) is 0 Å². The molecule has 0 aliphatic carbocycles. The molecule has 1 heterocycles. The Labute approximate surface area is 136 Å². The van der Waals surface area contributed by atoms with Crippen LogP contribution in [0.3, 0.4) is 0 Å². The average Bonchev–Trinajstić information content (AvgIpc) is 2.97. The van der Waals surface area contributed by atoms with Crippen LogP contribution in [0.5, 0.6) is 0 Å². The highest BCUT2D eigenvalue weighted by atomic mass is 35.5. The van der Waals surface area contributed by atoms with E-state index in [1.807, 2.05) is 18.2 Å². The molecule has 1 atom stereocenters. The first-order valence-corrected chi connectivity index (χ1v) is 8.18. The number of carbonyl (C=O) groups excluding carboxylic acids is 1. The number of carbonyl (C=O) groups is 1. The molecule has 1 unspecified atom stereocenters. The maximum Gasteiger partial charge on any atom is 0.122 e. The maximum atomic E-state index is 10.8. The Hall–Kier alpha value is -1.80. The van der Waals surface area contributed by atoms with Crippen molar-refractivity contribution in [1.29, 1.82) is 0 Å². The minimum atomic E-state index is 0.372. The molecule has 0 amide bonds. The predicted molar refractivity (Wildman–Crippen MR) is 91.7 cm³/mol. The first-order chi connectivity index (χ1) is 10.8. The normalized spacial score (nSPS) is 17.7. The summed E-state index contributed by atoms with van der Waals surface area (Å²) in [4.78, 5) is 13.1. The second-order valence-corrected chi connectivity index (χ2v) is 6.30. The standard InChI is InChI=1S/C19H20ClNO/c20-17-4-1-3-16(14-17)13-15-6-8-19(9-7-15)21-11-2-5-18(21)10-12-22/h1,3-4,6-9,12,14,18H,2,5,10-11,13H2. The van der Waals surface area contributed by atoms with Gasteiger partial charge in [-0.2, -0.15) is 0 Å². The van der Waals surface area contributed by atoms with E-state index in [0.717, 1.165) is 30.7 Å². The third-order valence-corrected chi connectivity index (χ3v) is 4.55. The molecule has 2 aromatic carbocycles. The number of hydrogen-bond acceptors (Lipinski definition) is 2. The Balaban J connectivity index is 1.71. The van der Waals surface area contributed by atoms with Gasteiger partial charge in [-0.25, -0.2) is 0 Å². The van der Waals surface area contributed by atoms with E-state index in [2.05, 4.69) is 35.2 Å². The quantitative estimate of drug-likeness (QED) is 0.758. The van der Waals surface area contributed by atoms with Crippen LogP contribution in [0, 0.1) is 0 Å². The molecular formula is C19H20ClNO. The first-order valence-electron chi connectivity index (χ1n) is 7.80. The SMILES string of the molecule is O=CCC1CCCN1c1ccc(Cc2cccc(Cl)c2)cc1. The van der Waals surface area contributed by atoms with Gasteiger partial charge >= 0.3 is 0 Å². The highest BCUT2D eigenvalue weighted by molar-refractivity contribution is 6.30. The van der Waals surface area contributed by atoms with Crippen LogP contribution in [0.25, 0.3) is 0 Å². The number of aldehydes is 1. The molecule has 1 fully saturated rings. The fourth-order valence-corrected chi connectivity index (χ4v) is 3.43. The van der Waals surface area contributed by atoms with Gasteiger partial charge in [0.2, 0.25) is 0 Å². The summed E-state index contributed by atoms with van der Waals surface area (Å²) in [5.41, 5.74) is 3.72. The van der Waals surface area contributed by atoms with E-state index in [1.165, 1.54) is 23.2 Å². The van der Waals surface area contributed by atoms with Crippen LogP contribution in [0.2, 0.25) is 5.02 Å². The number of nitrogens with zero attached hydrogens (tertiary/aromatic N) is 1. The van der Waals surface area contributed by atoms with Gasteiger partial charge in [0, 0.05) is 29.7 Å². The molecule has 1 saturated heterocycles. The lowest BCUT2D eigenvalue weighted by molar-refractivity contribution is -0.108. The Morgan fingerprint density at radius 2 is 1.95 bits per heavy atom. The van der Waals surface area contributed by atoms with Crippen LogP contribution in [-0.4, -0.2) is 18.9 Å². The monoisotopic (exact) mass is 313 g/mol. The van der Waals surface area contributed by atoms with E-state index in [1.54, 1.807) is 0 Å². The highest BCUT2D eigenvalue weighted by Crippen LogP contribution is 2.27. The van der Waals surface area contributed by atoms with Crippen molar-refractivity contribution in [3.8, 4) is 0 Å².